The van der Waals surface area contributed by atoms with Gasteiger partial charge in [0.25, 0.3) is 0 Å². The molecule has 0 unspecified atom stereocenters. The highest BCUT2D eigenvalue weighted by molar-refractivity contribution is 6.10. The molecule has 0 spiro atoms. The molecule has 0 radical (unpaired) electrons. The summed E-state index contributed by atoms with van der Waals surface area (Å²) in [5, 5.41) is 0. The summed E-state index contributed by atoms with van der Waals surface area (Å²) in [6, 6.07) is 9.01. The molecule has 2 rings (SSSR count). The summed E-state index contributed by atoms with van der Waals surface area (Å²) in [5.41, 5.74) is 2.39. The molecule has 2 aromatic rings. The highest BCUT2D eigenvalue weighted by atomic mass is 16.1. The van der Waals surface area contributed by atoms with Gasteiger partial charge in [0.15, 0.2) is 5.78 Å². The van der Waals surface area contributed by atoms with E-state index >= 15 is 0 Å². The van der Waals surface area contributed by atoms with Crippen LogP contribution in [0.25, 0.3) is 0 Å². The Bertz CT molecular complexity index is 567. The molecule has 1 aromatic carbocycles. The Labute approximate surface area is 99.5 Å². The topological polar surface area (TPSA) is 49.9 Å². The van der Waals surface area contributed by atoms with Crippen LogP contribution in [-0.2, 0) is 0 Å². The van der Waals surface area contributed by atoms with Gasteiger partial charge in [0.05, 0.1) is 5.69 Å². The van der Waals surface area contributed by atoms with Gasteiger partial charge < -0.3 is 4.98 Å². The minimum absolute atomic E-state index is 0.0362. The molecule has 0 saturated carbocycles. The Morgan fingerprint density at radius 1 is 1.12 bits per heavy atom. The molecule has 86 valence electrons. The van der Waals surface area contributed by atoms with Crippen molar-refractivity contribution in [1.82, 2.24) is 4.98 Å². The van der Waals surface area contributed by atoms with E-state index in [1.165, 1.54) is 6.92 Å². The van der Waals surface area contributed by atoms with Crippen LogP contribution >= 0.6 is 0 Å². The number of aromatic amines is 1. The zero-order valence-electron chi connectivity index (χ0n) is 9.78. The van der Waals surface area contributed by atoms with Crippen LogP contribution in [0.1, 0.15) is 38.9 Å². The zero-order chi connectivity index (χ0) is 12.4. The number of benzene rings is 1. The Morgan fingerprint density at radius 2 is 1.76 bits per heavy atom. The Kier molecular flexibility index (Phi) is 2.91. The van der Waals surface area contributed by atoms with Crippen molar-refractivity contribution >= 4 is 11.6 Å². The predicted molar refractivity (Wildman–Crippen MR) is 65.4 cm³/mol. The van der Waals surface area contributed by atoms with E-state index in [1.54, 1.807) is 25.3 Å². The molecule has 0 bridgehead atoms. The molecule has 3 heteroatoms. The molecule has 1 N–H and O–H groups in total. The Morgan fingerprint density at radius 3 is 2.29 bits per heavy atom. The predicted octanol–water partition coefficient (Wildman–Crippen LogP) is 2.76. The summed E-state index contributed by atoms with van der Waals surface area (Å²) in [4.78, 5) is 26.4. The minimum atomic E-state index is -0.0874. The summed E-state index contributed by atoms with van der Waals surface area (Å²) in [6.45, 7) is 3.27. The number of nitrogens with one attached hydrogen (secondary N) is 1. The van der Waals surface area contributed by atoms with Crippen LogP contribution in [0.4, 0.5) is 0 Å². The summed E-state index contributed by atoms with van der Waals surface area (Å²) in [7, 11) is 0. The largest absolute Gasteiger partial charge is 0.358 e. The number of aromatic nitrogens is 1. The third-order valence-corrected chi connectivity index (χ3v) is 2.78. The van der Waals surface area contributed by atoms with E-state index in [4.69, 9.17) is 0 Å². The maximum absolute atomic E-state index is 12.2. The second-order valence-corrected chi connectivity index (χ2v) is 3.95. The molecule has 0 amide bonds. The molecule has 1 aromatic heterocycles. The molecule has 0 aliphatic heterocycles. The van der Waals surface area contributed by atoms with Gasteiger partial charge in [0.2, 0.25) is 5.78 Å². The van der Waals surface area contributed by atoms with Crippen molar-refractivity contribution in [3.63, 3.8) is 0 Å². The van der Waals surface area contributed by atoms with Gasteiger partial charge in [-0.2, -0.15) is 0 Å². The first-order valence-corrected chi connectivity index (χ1v) is 5.40. The second-order valence-electron chi connectivity index (χ2n) is 3.95. The maximum Gasteiger partial charge on any atom is 0.209 e. The number of H-pyrrole nitrogens is 1. The lowest BCUT2D eigenvalue weighted by Crippen LogP contribution is -2.04. The minimum Gasteiger partial charge on any atom is -0.358 e. The highest BCUT2D eigenvalue weighted by Crippen LogP contribution is 2.17. The molecule has 0 aliphatic rings. The first-order valence-electron chi connectivity index (χ1n) is 5.40. The summed E-state index contributed by atoms with van der Waals surface area (Å²) >= 11 is 0. The summed E-state index contributed by atoms with van der Waals surface area (Å²) in [6.07, 6.45) is 1.59. The van der Waals surface area contributed by atoms with Crippen molar-refractivity contribution in [3.8, 4) is 0 Å². The zero-order valence-corrected chi connectivity index (χ0v) is 9.78. The van der Waals surface area contributed by atoms with Crippen LogP contribution in [-0.4, -0.2) is 16.6 Å². The van der Waals surface area contributed by atoms with Gasteiger partial charge in [-0.05, 0) is 19.4 Å². The lowest BCUT2D eigenvalue weighted by Gasteiger charge is -2.00. The lowest BCUT2D eigenvalue weighted by molar-refractivity contribution is 0.101. The van der Waals surface area contributed by atoms with Crippen molar-refractivity contribution in [2.24, 2.45) is 0 Å². The third kappa shape index (κ3) is 2.04. The lowest BCUT2D eigenvalue weighted by atomic mass is 10.0. The van der Waals surface area contributed by atoms with Crippen LogP contribution < -0.4 is 0 Å². The quantitative estimate of drug-likeness (QED) is 0.819. The molecule has 0 fully saturated rings. The van der Waals surface area contributed by atoms with Crippen molar-refractivity contribution in [3.05, 3.63) is 58.9 Å². The van der Waals surface area contributed by atoms with E-state index in [2.05, 4.69) is 4.98 Å². The second kappa shape index (κ2) is 4.37. The Hall–Kier alpha value is -2.16. The normalized spacial score (nSPS) is 10.2. The van der Waals surface area contributed by atoms with Gasteiger partial charge in [0, 0.05) is 17.3 Å². The van der Waals surface area contributed by atoms with Crippen molar-refractivity contribution in [2.75, 3.05) is 0 Å². The van der Waals surface area contributed by atoms with E-state index < -0.39 is 0 Å². The van der Waals surface area contributed by atoms with Crippen molar-refractivity contribution in [1.29, 1.82) is 0 Å². The maximum atomic E-state index is 12.2. The number of carbonyl (C=O) groups excluding carboxylic acids is 2. The Balaban J connectivity index is 2.42. The monoisotopic (exact) mass is 227 g/mol. The van der Waals surface area contributed by atoms with Gasteiger partial charge in [0.1, 0.15) is 0 Å². The van der Waals surface area contributed by atoms with Crippen LogP contribution in [0.2, 0.25) is 0 Å². The SMILES string of the molecule is CC(=O)c1c[nH]c(C(=O)c2ccccc2)c1C. The van der Waals surface area contributed by atoms with Crippen LogP contribution in [0.15, 0.2) is 36.5 Å². The van der Waals surface area contributed by atoms with Gasteiger partial charge >= 0.3 is 0 Å². The first kappa shape index (κ1) is 11.3. The third-order valence-electron chi connectivity index (χ3n) is 2.78. The van der Waals surface area contributed by atoms with Crippen LogP contribution in [0.3, 0.4) is 0 Å². The molecule has 1 heterocycles. The molecular weight excluding hydrogens is 214 g/mol. The standard InChI is InChI=1S/C14H13NO2/c1-9-12(10(2)16)8-15-13(9)14(17)11-6-4-3-5-7-11/h3-8,15H,1-2H3. The van der Waals surface area contributed by atoms with Crippen molar-refractivity contribution < 1.29 is 9.59 Å². The molecule has 3 nitrogen and oxygen atoms in total. The average molecular weight is 227 g/mol. The number of ketones is 2. The fourth-order valence-corrected chi connectivity index (χ4v) is 1.83. The number of hydrogen-bond donors (Lipinski definition) is 1. The number of carbonyl (C=O) groups is 2. The van der Waals surface area contributed by atoms with E-state index in [0.29, 0.717) is 22.4 Å². The fourth-order valence-electron chi connectivity index (χ4n) is 1.83. The van der Waals surface area contributed by atoms with E-state index in [1.807, 2.05) is 18.2 Å². The molecule has 17 heavy (non-hydrogen) atoms. The van der Waals surface area contributed by atoms with Crippen LogP contribution in [0.5, 0.6) is 0 Å². The van der Waals surface area contributed by atoms with Gasteiger partial charge in [-0.15, -0.1) is 0 Å². The molecule has 0 atom stereocenters. The summed E-state index contributed by atoms with van der Waals surface area (Å²) in [5.74, 6) is -0.124. The van der Waals surface area contributed by atoms with Gasteiger partial charge in [-0.25, -0.2) is 0 Å². The summed E-state index contributed by atoms with van der Waals surface area (Å²) < 4.78 is 0. The number of Topliss-reactive ketones (excluding diaryl/α,β-unsaturated/α-hetero) is 1. The first-order chi connectivity index (χ1) is 8.11. The van der Waals surface area contributed by atoms with E-state index in [9.17, 15) is 9.59 Å². The highest BCUT2D eigenvalue weighted by Gasteiger charge is 2.17. The van der Waals surface area contributed by atoms with E-state index in [0.717, 1.165) is 0 Å². The van der Waals surface area contributed by atoms with Gasteiger partial charge in [-0.1, -0.05) is 30.3 Å². The van der Waals surface area contributed by atoms with Gasteiger partial charge in [-0.3, -0.25) is 9.59 Å². The average Bonchev–Trinajstić information content (AvgIpc) is 2.71. The number of hydrogen-bond acceptors (Lipinski definition) is 2. The molecule has 0 aliphatic carbocycles. The van der Waals surface area contributed by atoms with E-state index in [-0.39, 0.29) is 11.6 Å². The smallest absolute Gasteiger partial charge is 0.209 e. The van der Waals surface area contributed by atoms with Crippen LogP contribution in [0, 0.1) is 6.92 Å². The fraction of sp³-hybridized carbons (Fsp3) is 0.143. The molecular formula is C14H13NO2. The number of rotatable bonds is 3. The van der Waals surface area contributed by atoms with Crippen molar-refractivity contribution in [2.45, 2.75) is 13.8 Å². The molecule has 0 saturated heterocycles.